The molecule has 8 heteroatoms. The molecule has 10 aromatic rings. The fourth-order valence-corrected chi connectivity index (χ4v) is 9.22. The first-order valence-corrected chi connectivity index (χ1v) is 22.2. The molecule has 0 saturated heterocycles. The molecule has 0 spiro atoms. The van der Waals surface area contributed by atoms with E-state index >= 15 is 0 Å². The normalized spacial score (nSPS) is 11.8. The van der Waals surface area contributed by atoms with Crippen molar-refractivity contribution in [2.45, 2.75) is 5.41 Å². The van der Waals surface area contributed by atoms with E-state index in [1.165, 1.54) is 57.6 Å². The summed E-state index contributed by atoms with van der Waals surface area (Å²) in [6.07, 6.45) is 0. The zero-order chi connectivity index (χ0) is 46.5. The van der Waals surface area contributed by atoms with E-state index in [-0.39, 0.29) is 0 Å². The Morgan fingerprint density at radius 3 is 1.32 bits per heavy atom. The highest BCUT2D eigenvalue weighted by Crippen LogP contribution is 2.58. The van der Waals surface area contributed by atoms with Crippen molar-refractivity contribution in [2.24, 2.45) is 0 Å². The lowest BCUT2D eigenvalue weighted by Gasteiger charge is -2.34. The molecule has 9 aromatic carbocycles. The molecule has 0 unspecified atom stereocenters. The lowest BCUT2D eigenvalue weighted by Crippen LogP contribution is -2.29. The number of fused-ring (bicyclic) bond motifs is 3. The highest BCUT2D eigenvalue weighted by molar-refractivity contribution is 6.58. The summed E-state index contributed by atoms with van der Waals surface area (Å²) in [5.41, 5.74) is 15.2. The molecule has 7 nitrogen and oxygen atoms in total. The van der Waals surface area contributed by atoms with Gasteiger partial charge in [-0.15, -0.1) is 0 Å². The summed E-state index contributed by atoms with van der Waals surface area (Å²) in [6, 6.07) is 82.1. The molecular weight excluding hydrogens is 834 g/mol. The van der Waals surface area contributed by atoms with Crippen LogP contribution in [0.4, 0.5) is 0 Å². The maximum absolute atomic E-state index is 9.63. The Labute approximate surface area is 395 Å². The van der Waals surface area contributed by atoms with Gasteiger partial charge >= 0.3 is 7.12 Å². The summed E-state index contributed by atoms with van der Waals surface area (Å²) in [4.78, 5) is 15.3. The summed E-state index contributed by atoms with van der Waals surface area (Å²) >= 11 is 0. The van der Waals surface area contributed by atoms with Crippen LogP contribution >= 0.6 is 0 Å². The van der Waals surface area contributed by atoms with Crippen molar-refractivity contribution in [1.82, 2.24) is 15.0 Å². The van der Waals surface area contributed by atoms with Gasteiger partial charge in [-0.05, 0) is 104 Å². The average Bonchev–Trinajstić information content (AvgIpc) is 3.73. The van der Waals surface area contributed by atoms with Crippen LogP contribution in [0, 0.1) is 22.7 Å². The van der Waals surface area contributed by atoms with Gasteiger partial charge in [0.1, 0.15) is 0 Å². The molecule has 0 fully saturated rings. The molecule has 1 aliphatic rings. The van der Waals surface area contributed by atoms with Crippen LogP contribution in [0.25, 0.3) is 67.5 Å². The molecule has 1 heterocycles. The standard InChI is InChI=1S/C53H34N4.C7H6BNO2/c54-35-36-28-30-37(31-29-36)40-32-41(34-42(33-40)52-56-50(38-16-5-1-6-17-38)55-51(57-52)39-18-7-2-8-19-39)45-25-15-27-48-49(45)46-24-13-14-26-47(46)53(48,43-20-9-3-10-21-43)44-22-11-4-12-23-44;9-5-6-1-3-7(4-2-6)8(10)11/h1-34H;1-4,10-11H. The smallest absolute Gasteiger partial charge is 0.423 e. The molecule has 68 heavy (non-hydrogen) atoms. The van der Waals surface area contributed by atoms with Gasteiger partial charge in [0.05, 0.1) is 28.7 Å². The van der Waals surface area contributed by atoms with Gasteiger partial charge in [-0.1, -0.05) is 188 Å². The molecular formula is C60H40BN5O2. The molecule has 1 aromatic heterocycles. The third-order valence-electron chi connectivity index (χ3n) is 12.4. The van der Waals surface area contributed by atoms with Gasteiger partial charge in [-0.25, -0.2) is 15.0 Å². The number of nitrogens with zero attached hydrogens (tertiary/aromatic N) is 5. The van der Waals surface area contributed by atoms with Gasteiger partial charge in [-0.2, -0.15) is 10.5 Å². The van der Waals surface area contributed by atoms with Crippen molar-refractivity contribution in [3.05, 3.63) is 264 Å². The molecule has 0 radical (unpaired) electrons. The quantitative estimate of drug-likeness (QED) is 0.146. The number of benzene rings is 9. The molecule has 0 amide bonds. The minimum Gasteiger partial charge on any atom is -0.423 e. The van der Waals surface area contributed by atoms with Crippen molar-refractivity contribution >= 4 is 12.6 Å². The van der Waals surface area contributed by atoms with E-state index in [1.54, 1.807) is 0 Å². The second-order valence-electron chi connectivity index (χ2n) is 16.4. The predicted molar refractivity (Wildman–Crippen MR) is 270 cm³/mol. The Balaban J connectivity index is 0.000000434. The molecule has 11 rings (SSSR count). The van der Waals surface area contributed by atoms with Gasteiger partial charge in [0.25, 0.3) is 0 Å². The van der Waals surface area contributed by atoms with Crippen LogP contribution in [-0.4, -0.2) is 32.1 Å². The number of nitriles is 2. The van der Waals surface area contributed by atoms with Crippen molar-refractivity contribution in [3.8, 4) is 79.7 Å². The zero-order valence-corrected chi connectivity index (χ0v) is 36.6. The molecule has 0 aliphatic heterocycles. The summed E-state index contributed by atoms with van der Waals surface area (Å²) in [5.74, 6) is 1.79. The summed E-state index contributed by atoms with van der Waals surface area (Å²) in [5, 5.41) is 35.3. The van der Waals surface area contributed by atoms with E-state index < -0.39 is 12.5 Å². The first kappa shape index (κ1) is 42.9. The van der Waals surface area contributed by atoms with Crippen LogP contribution in [0.15, 0.2) is 231 Å². The van der Waals surface area contributed by atoms with E-state index in [0.29, 0.717) is 34.1 Å². The van der Waals surface area contributed by atoms with Gasteiger partial charge < -0.3 is 10.0 Å². The van der Waals surface area contributed by atoms with Gasteiger partial charge in [0.15, 0.2) is 17.5 Å². The van der Waals surface area contributed by atoms with Crippen LogP contribution in [0.2, 0.25) is 0 Å². The Morgan fingerprint density at radius 2 is 0.794 bits per heavy atom. The molecule has 1 aliphatic carbocycles. The second kappa shape index (κ2) is 18.8. The topological polar surface area (TPSA) is 127 Å². The molecule has 0 bridgehead atoms. The minimum atomic E-state index is -1.46. The van der Waals surface area contributed by atoms with E-state index in [1.807, 2.05) is 91.0 Å². The third kappa shape index (κ3) is 8.15. The maximum Gasteiger partial charge on any atom is 0.488 e. The molecule has 2 N–H and O–H groups in total. The predicted octanol–water partition coefficient (Wildman–Crippen LogP) is 11.7. The Hall–Kier alpha value is -9.05. The number of rotatable bonds is 8. The monoisotopic (exact) mass is 873 g/mol. The summed E-state index contributed by atoms with van der Waals surface area (Å²) < 4.78 is 0. The Kier molecular flexibility index (Phi) is 11.9. The SMILES string of the molecule is N#Cc1ccc(-c2cc(-c3nc(-c4ccccc4)nc(-c4ccccc4)n3)cc(-c3cccc4c3-c3ccccc3C4(c3ccccc3)c3ccccc3)c2)cc1.N#Cc1ccc(B(O)O)cc1. The molecule has 320 valence electrons. The highest BCUT2D eigenvalue weighted by Gasteiger charge is 2.46. The van der Waals surface area contributed by atoms with Gasteiger partial charge in [0, 0.05) is 16.7 Å². The van der Waals surface area contributed by atoms with E-state index in [9.17, 15) is 5.26 Å². The van der Waals surface area contributed by atoms with Crippen molar-refractivity contribution < 1.29 is 10.0 Å². The van der Waals surface area contributed by atoms with E-state index in [2.05, 4.69) is 127 Å². The minimum absolute atomic E-state index is 0.393. The Bertz CT molecular complexity index is 3390. The van der Waals surface area contributed by atoms with Crippen LogP contribution in [0.3, 0.4) is 0 Å². The molecule has 0 atom stereocenters. The van der Waals surface area contributed by atoms with Gasteiger partial charge in [0.2, 0.25) is 0 Å². The van der Waals surface area contributed by atoms with Crippen molar-refractivity contribution in [2.75, 3.05) is 0 Å². The summed E-state index contributed by atoms with van der Waals surface area (Å²) in [7, 11) is -1.46. The fraction of sp³-hybridized carbons (Fsp3) is 0.0167. The first-order chi connectivity index (χ1) is 33.4. The first-order valence-electron chi connectivity index (χ1n) is 22.2. The van der Waals surface area contributed by atoms with Crippen LogP contribution in [0.1, 0.15) is 33.4 Å². The van der Waals surface area contributed by atoms with Crippen LogP contribution in [0.5, 0.6) is 0 Å². The molecule has 0 saturated carbocycles. The van der Waals surface area contributed by atoms with Gasteiger partial charge in [-0.3, -0.25) is 0 Å². The summed E-state index contributed by atoms with van der Waals surface area (Å²) in [6.45, 7) is 0. The number of hydrogen-bond acceptors (Lipinski definition) is 7. The number of aromatic nitrogens is 3. The third-order valence-corrected chi connectivity index (χ3v) is 12.4. The maximum atomic E-state index is 9.63. The van der Waals surface area contributed by atoms with Crippen molar-refractivity contribution in [3.63, 3.8) is 0 Å². The lowest BCUT2D eigenvalue weighted by molar-refractivity contribution is 0.426. The van der Waals surface area contributed by atoms with Crippen LogP contribution in [-0.2, 0) is 5.41 Å². The Morgan fingerprint density at radius 1 is 0.368 bits per heavy atom. The zero-order valence-electron chi connectivity index (χ0n) is 36.6. The average molecular weight is 874 g/mol. The second-order valence-corrected chi connectivity index (χ2v) is 16.4. The van der Waals surface area contributed by atoms with Crippen LogP contribution < -0.4 is 5.46 Å². The largest absolute Gasteiger partial charge is 0.488 e. The number of hydrogen-bond donors (Lipinski definition) is 2. The van der Waals surface area contributed by atoms with E-state index in [4.69, 9.17) is 30.3 Å². The fourth-order valence-electron chi connectivity index (χ4n) is 9.22. The van der Waals surface area contributed by atoms with Crippen molar-refractivity contribution in [1.29, 1.82) is 10.5 Å². The highest BCUT2D eigenvalue weighted by atomic mass is 16.4. The van der Waals surface area contributed by atoms with E-state index in [0.717, 1.165) is 38.9 Å². The lowest BCUT2D eigenvalue weighted by atomic mass is 9.67.